The normalized spacial score (nSPS) is 13.1. The molecule has 3 N–H and O–H groups in total. The second-order valence-corrected chi connectivity index (χ2v) is 9.16. The average molecular weight is 494 g/mol. The van der Waals surface area contributed by atoms with Crippen molar-refractivity contribution < 1.29 is 9.84 Å². The Morgan fingerprint density at radius 3 is 2.57 bits per heavy atom. The van der Waals surface area contributed by atoms with Crippen LogP contribution in [0.2, 0.25) is 5.02 Å². The van der Waals surface area contributed by atoms with Crippen LogP contribution >= 0.6 is 11.6 Å². The SMILES string of the molecule is COc1c([C@@H](C)n2cc(C)c(=O)c3c(N)ncnc32)cc(Cl)c(C)c1-c1ccc(C[C@H](C)O)nc1. The Hall–Kier alpha value is -3.49. The average Bonchev–Trinajstić information content (AvgIpc) is 2.82. The third-order valence-corrected chi connectivity index (χ3v) is 6.61. The number of hydrogen-bond acceptors (Lipinski definition) is 7. The summed E-state index contributed by atoms with van der Waals surface area (Å²) in [6.07, 6.45) is 4.87. The van der Waals surface area contributed by atoms with Crippen LogP contribution < -0.4 is 15.9 Å². The van der Waals surface area contributed by atoms with Gasteiger partial charge in [-0.2, -0.15) is 0 Å². The first-order valence-electron chi connectivity index (χ1n) is 11.3. The minimum atomic E-state index is -0.475. The van der Waals surface area contributed by atoms with E-state index in [0.717, 1.165) is 27.9 Å². The van der Waals surface area contributed by atoms with Crippen LogP contribution in [0.15, 0.2) is 41.7 Å². The van der Waals surface area contributed by atoms with Gasteiger partial charge in [-0.05, 0) is 45.4 Å². The fourth-order valence-electron chi connectivity index (χ4n) is 4.39. The third kappa shape index (κ3) is 4.47. The predicted molar refractivity (Wildman–Crippen MR) is 138 cm³/mol. The number of pyridine rings is 2. The monoisotopic (exact) mass is 493 g/mol. The number of benzene rings is 1. The molecule has 0 saturated carbocycles. The summed E-state index contributed by atoms with van der Waals surface area (Å²) in [6.45, 7) is 7.39. The summed E-state index contributed by atoms with van der Waals surface area (Å²) in [5.74, 6) is 0.790. The maximum absolute atomic E-state index is 12.8. The second kappa shape index (κ2) is 9.64. The van der Waals surface area contributed by atoms with Gasteiger partial charge in [-0.1, -0.05) is 17.7 Å². The molecule has 0 bridgehead atoms. The van der Waals surface area contributed by atoms with E-state index in [1.54, 1.807) is 33.4 Å². The molecule has 0 unspecified atom stereocenters. The topological polar surface area (TPSA) is 116 Å². The summed E-state index contributed by atoms with van der Waals surface area (Å²) in [5, 5.41) is 10.5. The van der Waals surface area contributed by atoms with E-state index in [0.29, 0.717) is 28.4 Å². The first-order valence-corrected chi connectivity index (χ1v) is 11.6. The molecule has 0 spiro atoms. The number of aliphatic hydroxyl groups excluding tert-OH is 1. The Bertz CT molecular complexity index is 1470. The van der Waals surface area contributed by atoms with E-state index < -0.39 is 6.10 Å². The van der Waals surface area contributed by atoms with Crippen molar-refractivity contribution in [2.75, 3.05) is 12.8 Å². The van der Waals surface area contributed by atoms with Crippen molar-refractivity contribution in [1.29, 1.82) is 0 Å². The van der Waals surface area contributed by atoms with E-state index in [-0.39, 0.29) is 22.7 Å². The van der Waals surface area contributed by atoms with E-state index in [1.165, 1.54) is 6.33 Å². The number of aliphatic hydroxyl groups is 1. The number of aryl methyl sites for hydroxylation is 1. The van der Waals surface area contributed by atoms with Gasteiger partial charge in [0.1, 0.15) is 28.9 Å². The highest BCUT2D eigenvalue weighted by atomic mass is 35.5. The summed E-state index contributed by atoms with van der Waals surface area (Å²) in [5.41, 5.74) is 11.0. The van der Waals surface area contributed by atoms with Crippen molar-refractivity contribution in [3.8, 4) is 16.9 Å². The molecule has 0 saturated heterocycles. The van der Waals surface area contributed by atoms with Gasteiger partial charge in [-0.15, -0.1) is 0 Å². The first kappa shape index (κ1) is 24.6. The molecular formula is C26H28ClN5O3. The minimum Gasteiger partial charge on any atom is -0.496 e. The van der Waals surface area contributed by atoms with Crippen LogP contribution in [-0.4, -0.2) is 37.8 Å². The Labute approximate surface area is 208 Å². The number of nitrogens with zero attached hydrogens (tertiary/aromatic N) is 4. The van der Waals surface area contributed by atoms with Crippen molar-refractivity contribution in [3.05, 3.63) is 74.6 Å². The van der Waals surface area contributed by atoms with Crippen LogP contribution in [-0.2, 0) is 6.42 Å². The third-order valence-electron chi connectivity index (χ3n) is 6.21. The lowest BCUT2D eigenvalue weighted by Gasteiger charge is -2.24. The zero-order chi connectivity index (χ0) is 25.4. The van der Waals surface area contributed by atoms with Crippen molar-refractivity contribution in [2.24, 2.45) is 0 Å². The number of fused-ring (bicyclic) bond motifs is 1. The Morgan fingerprint density at radius 1 is 1.20 bits per heavy atom. The number of rotatable bonds is 6. The molecule has 8 nitrogen and oxygen atoms in total. The Kier molecular flexibility index (Phi) is 6.78. The molecule has 4 aromatic rings. The van der Waals surface area contributed by atoms with Gasteiger partial charge in [0.25, 0.3) is 0 Å². The quantitative estimate of drug-likeness (QED) is 0.412. The molecule has 0 aliphatic carbocycles. The molecule has 0 aliphatic rings. The number of halogens is 1. The fraction of sp³-hybridized carbons (Fsp3) is 0.308. The van der Waals surface area contributed by atoms with E-state index in [1.807, 2.05) is 36.6 Å². The van der Waals surface area contributed by atoms with Gasteiger partial charge in [0.05, 0.1) is 19.3 Å². The lowest BCUT2D eigenvalue weighted by Crippen LogP contribution is -2.19. The van der Waals surface area contributed by atoms with Crippen LogP contribution in [0.5, 0.6) is 5.75 Å². The van der Waals surface area contributed by atoms with Crippen molar-refractivity contribution in [2.45, 2.75) is 46.3 Å². The molecule has 0 radical (unpaired) electrons. The summed E-state index contributed by atoms with van der Waals surface area (Å²) in [6, 6.07) is 5.42. The summed E-state index contributed by atoms with van der Waals surface area (Å²) < 4.78 is 7.83. The fourth-order valence-corrected chi connectivity index (χ4v) is 4.60. The largest absolute Gasteiger partial charge is 0.496 e. The molecule has 9 heteroatoms. The summed E-state index contributed by atoms with van der Waals surface area (Å²) >= 11 is 6.72. The number of ether oxygens (including phenoxy) is 1. The Balaban J connectivity index is 1.93. The van der Waals surface area contributed by atoms with Crippen LogP contribution in [0, 0.1) is 13.8 Å². The van der Waals surface area contributed by atoms with Gasteiger partial charge in [0.2, 0.25) is 0 Å². The molecule has 3 aromatic heterocycles. The highest BCUT2D eigenvalue weighted by Crippen LogP contribution is 2.43. The number of anilines is 1. The van der Waals surface area contributed by atoms with Crippen LogP contribution in [0.1, 0.15) is 42.3 Å². The molecular weight excluding hydrogens is 466 g/mol. The molecule has 0 fully saturated rings. The second-order valence-electron chi connectivity index (χ2n) is 8.75. The number of aromatic nitrogens is 4. The van der Waals surface area contributed by atoms with Crippen molar-refractivity contribution >= 4 is 28.5 Å². The van der Waals surface area contributed by atoms with Gasteiger partial charge in [-0.25, -0.2) is 9.97 Å². The van der Waals surface area contributed by atoms with Crippen molar-refractivity contribution in [3.63, 3.8) is 0 Å². The van der Waals surface area contributed by atoms with Gasteiger partial charge in [-0.3, -0.25) is 9.78 Å². The molecule has 182 valence electrons. The van der Waals surface area contributed by atoms with Crippen LogP contribution in [0.4, 0.5) is 5.82 Å². The van der Waals surface area contributed by atoms with E-state index in [4.69, 9.17) is 22.1 Å². The summed E-state index contributed by atoms with van der Waals surface area (Å²) in [7, 11) is 1.62. The molecule has 4 rings (SSSR count). The zero-order valence-corrected chi connectivity index (χ0v) is 21.1. The van der Waals surface area contributed by atoms with Gasteiger partial charge in [0, 0.05) is 51.8 Å². The lowest BCUT2D eigenvalue weighted by molar-refractivity contribution is 0.194. The number of methoxy groups -OCH3 is 1. The number of nitrogens with two attached hydrogens (primary N) is 1. The highest BCUT2D eigenvalue weighted by molar-refractivity contribution is 6.32. The molecule has 2 atom stereocenters. The van der Waals surface area contributed by atoms with Gasteiger partial charge < -0.3 is 20.1 Å². The van der Waals surface area contributed by atoms with E-state index >= 15 is 0 Å². The minimum absolute atomic E-state index is 0.141. The van der Waals surface area contributed by atoms with Crippen molar-refractivity contribution in [1.82, 2.24) is 19.5 Å². The van der Waals surface area contributed by atoms with Gasteiger partial charge in [0.15, 0.2) is 5.43 Å². The number of nitrogen functional groups attached to an aromatic ring is 1. The zero-order valence-electron chi connectivity index (χ0n) is 20.3. The van der Waals surface area contributed by atoms with Crippen LogP contribution in [0.3, 0.4) is 0 Å². The lowest BCUT2D eigenvalue weighted by atomic mass is 9.94. The summed E-state index contributed by atoms with van der Waals surface area (Å²) in [4.78, 5) is 25.7. The Morgan fingerprint density at radius 2 is 1.94 bits per heavy atom. The van der Waals surface area contributed by atoms with Gasteiger partial charge >= 0.3 is 0 Å². The van der Waals surface area contributed by atoms with E-state index in [2.05, 4.69) is 15.0 Å². The molecule has 1 aromatic carbocycles. The maximum atomic E-state index is 12.8. The van der Waals surface area contributed by atoms with Crippen LogP contribution in [0.25, 0.3) is 22.2 Å². The maximum Gasteiger partial charge on any atom is 0.197 e. The predicted octanol–water partition coefficient (Wildman–Crippen LogP) is 4.25. The molecule has 35 heavy (non-hydrogen) atoms. The molecule has 0 amide bonds. The highest BCUT2D eigenvalue weighted by Gasteiger charge is 2.24. The smallest absolute Gasteiger partial charge is 0.197 e. The van der Waals surface area contributed by atoms with E-state index in [9.17, 15) is 9.90 Å². The molecule has 0 aliphatic heterocycles. The first-order chi connectivity index (χ1) is 16.6. The molecule has 3 heterocycles. The number of hydrogen-bond donors (Lipinski definition) is 2. The standard InChI is InChI=1S/C26H28ClN5O3/c1-13-11-32(26-22(23(13)34)25(28)30-12-31-26)16(4)19-9-20(27)15(3)21(24(19)35-5)17-6-7-18(29-10-17)8-14(2)33/h6-7,9-12,14,16,33H,8H2,1-5H3,(H2,28,30,31)/t14-,16+/m0/s1.